The van der Waals surface area contributed by atoms with E-state index in [-0.39, 0.29) is 22.6 Å². The molecule has 4 nitrogen and oxygen atoms in total. The first-order valence-electron chi connectivity index (χ1n) is 8.63. The van der Waals surface area contributed by atoms with Crippen molar-refractivity contribution in [3.8, 4) is 0 Å². The van der Waals surface area contributed by atoms with E-state index in [9.17, 15) is 9.18 Å². The number of carbonyl (C=O) groups is 1. The minimum atomic E-state index is -0.387. The fraction of sp³-hybridized carbons (Fsp3) is 0.368. The number of ether oxygens (including phenoxy) is 1. The van der Waals surface area contributed by atoms with E-state index in [1.165, 1.54) is 22.3 Å². The van der Waals surface area contributed by atoms with Crippen LogP contribution < -0.4 is 10.6 Å². The molecule has 2 aromatic rings. The van der Waals surface area contributed by atoms with Gasteiger partial charge in [0.25, 0.3) is 0 Å². The molecule has 2 N–H and O–H groups in total. The van der Waals surface area contributed by atoms with Crippen molar-refractivity contribution in [3.63, 3.8) is 0 Å². The van der Waals surface area contributed by atoms with E-state index in [1.54, 1.807) is 25.1 Å². The molecule has 1 aliphatic rings. The fourth-order valence-corrected chi connectivity index (χ4v) is 4.76. The highest BCUT2D eigenvalue weighted by Gasteiger charge is 2.28. The molecule has 1 aliphatic carbocycles. The number of thiophene rings is 1. The summed E-state index contributed by atoms with van der Waals surface area (Å²) in [6.45, 7) is 4.32. The van der Waals surface area contributed by atoms with Crippen molar-refractivity contribution < 1.29 is 13.9 Å². The van der Waals surface area contributed by atoms with Crippen molar-refractivity contribution in [1.82, 2.24) is 0 Å². The van der Waals surface area contributed by atoms with E-state index in [1.807, 2.05) is 0 Å². The van der Waals surface area contributed by atoms with Crippen molar-refractivity contribution in [2.24, 2.45) is 5.92 Å². The van der Waals surface area contributed by atoms with Crippen LogP contribution in [-0.2, 0) is 17.6 Å². The number of hydrogen-bond donors (Lipinski definition) is 2. The first-order valence-corrected chi connectivity index (χ1v) is 9.86. The molecule has 0 bridgehead atoms. The van der Waals surface area contributed by atoms with Crippen molar-refractivity contribution in [2.75, 3.05) is 17.2 Å². The normalized spacial score (nSPS) is 15.9. The maximum atomic E-state index is 13.8. The summed E-state index contributed by atoms with van der Waals surface area (Å²) in [6.07, 6.45) is 2.85. The summed E-state index contributed by atoms with van der Waals surface area (Å²) in [6, 6.07) is 6.31. The number of esters is 1. The molecule has 138 valence electrons. The van der Waals surface area contributed by atoms with Crippen LogP contribution in [0.5, 0.6) is 0 Å². The van der Waals surface area contributed by atoms with Crippen LogP contribution in [0.3, 0.4) is 0 Å². The number of anilines is 2. The number of para-hydroxylation sites is 1. The van der Waals surface area contributed by atoms with Crippen LogP contribution in [0.1, 0.15) is 41.1 Å². The number of carbonyl (C=O) groups excluding carboxylic acids is 1. The van der Waals surface area contributed by atoms with Gasteiger partial charge in [0.2, 0.25) is 0 Å². The van der Waals surface area contributed by atoms with Crippen LogP contribution in [-0.4, -0.2) is 17.7 Å². The number of fused-ring (bicyclic) bond motifs is 1. The first kappa shape index (κ1) is 18.8. The molecule has 1 aromatic carbocycles. The van der Waals surface area contributed by atoms with Gasteiger partial charge in [-0.25, -0.2) is 9.18 Å². The van der Waals surface area contributed by atoms with Crippen LogP contribution >= 0.6 is 23.6 Å². The fourth-order valence-electron chi connectivity index (χ4n) is 3.08. The zero-order valence-electron chi connectivity index (χ0n) is 14.7. The summed E-state index contributed by atoms with van der Waals surface area (Å²) in [4.78, 5) is 13.7. The van der Waals surface area contributed by atoms with E-state index < -0.39 is 0 Å². The van der Waals surface area contributed by atoms with Gasteiger partial charge < -0.3 is 15.4 Å². The zero-order chi connectivity index (χ0) is 18.7. The number of nitrogens with one attached hydrogen (secondary N) is 2. The van der Waals surface area contributed by atoms with Gasteiger partial charge in [-0.1, -0.05) is 19.1 Å². The van der Waals surface area contributed by atoms with E-state index >= 15 is 0 Å². The SMILES string of the molecule is CCOC(=O)c1c(NC(=S)Nc2ccccc2F)sc2c1CC[C@@H](C)C2. The predicted molar refractivity (Wildman–Crippen MR) is 108 cm³/mol. The Bertz CT molecular complexity index is 835. The molecule has 1 atom stereocenters. The number of hydrogen-bond acceptors (Lipinski definition) is 4. The topological polar surface area (TPSA) is 50.4 Å². The molecule has 0 saturated heterocycles. The Morgan fingerprint density at radius 2 is 2.15 bits per heavy atom. The Labute approximate surface area is 161 Å². The molecule has 0 saturated carbocycles. The number of thiocarbonyl (C=S) groups is 1. The molecule has 0 radical (unpaired) electrons. The highest BCUT2D eigenvalue weighted by Crippen LogP contribution is 2.40. The lowest BCUT2D eigenvalue weighted by molar-refractivity contribution is 0.0526. The Morgan fingerprint density at radius 3 is 2.88 bits per heavy atom. The molecule has 26 heavy (non-hydrogen) atoms. The molecule has 0 unspecified atom stereocenters. The molecule has 7 heteroatoms. The maximum Gasteiger partial charge on any atom is 0.341 e. The zero-order valence-corrected chi connectivity index (χ0v) is 16.4. The first-order chi connectivity index (χ1) is 12.5. The number of halogens is 1. The summed E-state index contributed by atoms with van der Waals surface area (Å²) in [5.74, 6) is -0.134. The smallest absolute Gasteiger partial charge is 0.341 e. The Balaban J connectivity index is 1.85. The monoisotopic (exact) mass is 392 g/mol. The Hall–Kier alpha value is -1.99. The van der Waals surface area contributed by atoms with E-state index in [2.05, 4.69) is 17.6 Å². The molecular weight excluding hydrogens is 371 g/mol. The van der Waals surface area contributed by atoms with E-state index in [0.717, 1.165) is 24.8 Å². The second-order valence-corrected chi connectivity index (χ2v) is 7.85. The Kier molecular flexibility index (Phi) is 5.88. The van der Waals surface area contributed by atoms with Gasteiger partial charge in [0.05, 0.1) is 17.9 Å². The second kappa shape index (κ2) is 8.14. The third-order valence-electron chi connectivity index (χ3n) is 4.34. The molecular formula is C19H21FN2O2S2. The highest BCUT2D eigenvalue weighted by molar-refractivity contribution is 7.80. The minimum Gasteiger partial charge on any atom is -0.462 e. The molecule has 0 fully saturated rings. The largest absolute Gasteiger partial charge is 0.462 e. The van der Waals surface area contributed by atoms with Gasteiger partial charge in [-0.15, -0.1) is 11.3 Å². The van der Waals surface area contributed by atoms with Gasteiger partial charge >= 0.3 is 5.97 Å². The van der Waals surface area contributed by atoms with Crippen molar-refractivity contribution in [3.05, 3.63) is 46.1 Å². The van der Waals surface area contributed by atoms with Gasteiger partial charge in [-0.2, -0.15) is 0 Å². The van der Waals surface area contributed by atoms with Crippen LogP contribution in [0.25, 0.3) is 0 Å². The molecule has 0 amide bonds. The van der Waals surface area contributed by atoms with Crippen molar-refractivity contribution >= 4 is 45.3 Å². The average molecular weight is 393 g/mol. The van der Waals surface area contributed by atoms with Crippen molar-refractivity contribution in [1.29, 1.82) is 0 Å². The third kappa shape index (κ3) is 4.04. The summed E-state index contributed by atoms with van der Waals surface area (Å²) in [7, 11) is 0. The predicted octanol–water partition coefficient (Wildman–Crippen LogP) is 5.00. The van der Waals surface area contributed by atoms with Crippen LogP contribution in [0.2, 0.25) is 0 Å². The average Bonchev–Trinajstić information content (AvgIpc) is 2.93. The summed E-state index contributed by atoms with van der Waals surface area (Å²) in [5.41, 5.74) is 1.91. The third-order valence-corrected chi connectivity index (χ3v) is 5.71. The van der Waals surface area contributed by atoms with Gasteiger partial charge in [0.1, 0.15) is 10.8 Å². The second-order valence-electron chi connectivity index (χ2n) is 6.34. The summed E-state index contributed by atoms with van der Waals surface area (Å²) < 4.78 is 19.0. The van der Waals surface area contributed by atoms with E-state index in [0.29, 0.717) is 23.1 Å². The molecule has 1 aromatic heterocycles. The molecule has 1 heterocycles. The maximum absolute atomic E-state index is 13.8. The number of benzene rings is 1. The highest BCUT2D eigenvalue weighted by atomic mass is 32.1. The minimum absolute atomic E-state index is 0.243. The number of rotatable bonds is 4. The lowest BCUT2D eigenvalue weighted by atomic mass is 9.88. The van der Waals surface area contributed by atoms with Crippen molar-refractivity contribution in [2.45, 2.75) is 33.1 Å². The standard InChI is InChI=1S/C19H21FN2O2S2/c1-3-24-18(23)16-12-9-8-11(2)10-15(12)26-17(16)22-19(25)21-14-7-5-4-6-13(14)20/h4-7,11H,3,8-10H2,1-2H3,(H2,21,22,25)/t11-/m1/s1. The lowest BCUT2D eigenvalue weighted by Gasteiger charge is -2.18. The Morgan fingerprint density at radius 1 is 1.38 bits per heavy atom. The van der Waals surface area contributed by atoms with Gasteiger partial charge in [0, 0.05) is 4.88 Å². The molecule has 3 rings (SSSR count). The van der Waals surface area contributed by atoms with E-state index in [4.69, 9.17) is 17.0 Å². The summed E-state index contributed by atoms with van der Waals surface area (Å²) in [5, 5.41) is 6.82. The van der Waals surface area contributed by atoms with Crippen LogP contribution in [0.4, 0.5) is 15.1 Å². The quantitative estimate of drug-likeness (QED) is 0.567. The summed E-state index contributed by atoms with van der Waals surface area (Å²) >= 11 is 6.85. The van der Waals surface area contributed by atoms with Crippen LogP contribution in [0, 0.1) is 11.7 Å². The van der Waals surface area contributed by atoms with Gasteiger partial charge in [-0.05, 0) is 62.0 Å². The molecule has 0 aliphatic heterocycles. The molecule has 0 spiro atoms. The van der Waals surface area contributed by atoms with Gasteiger partial charge in [-0.3, -0.25) is 0 Å². The lowest BCUT2D eigenvalue weighted by Crippen LogP contribution is -2.21. The van der Waals surface area contributed by atoms with Crippen LogP contribution in [0.15, 0.2) is 24.3 Å². The van der Waals surface area contributed by atoms with Gasteiger partial charge in [0.15, 0.2) is 5.11 Å².